The van der Waals surface area contributed by atoms with Gasteiger partial charge in [0.15, 0.2) is 6.10 Å². The Morgan fingerprint density at radius 2 is 1.82 bits per heavy atom. The van der Waals surface area contributed by atoms with Gasteiger partial charge in [-0.3, -0.25) is 14.8 Å². The predicted molar refractivity (Wildman–Crippen MR) is 80.2 cm³/mol. The molecule has 1 aromatic heterocycles. The minimum Gasteiger partial charge on any atom is -0.449 e. The third-order valence-electron chi connectivity index (χ3n) is 3.75. The molecule has 6 heteroatoms. The lowest BCUT2D eigenvalue weighted by Gasteiger charge is -2.20. The van der Waals surface area contributed by atoms with Gasteiger partial charge in [0.2, 0.25) is 0 Å². The van der Waals surface area contributed by atoms with Crippen molar-refractivity contribution in [3.63, 3.8) is 0 Å². The Morgan fingerprint density at radius 3 is 2.55 bits per heavy atom. The standard InChI is InChI=1S/C16H17N3O3/c1-11(15(20)19-8-2-3-9-19)22-16(21)12-4-5-13-14(10-12)18-7-6-17-13/h4-7,10-11H,2-3,8-9H2,1H3/t11-/m0/s1. The molecule has 2 heterocycles. The Morgan fingerprint density at radius 1 is 1.14 bits per heavy atom. The fourth-order valence-corrected chi connectivity index (χ4v) is 2.56. The first kappa shape index (κ1) is 14.4. The average molecular weight is 299 g/mol. The summed E-state index contributed by atoms with van der Waals surface area (Å²) in [5, 5.41) is 0. The zero-order valence-electron chi connectivity index (χ0n) is 12.4. The number of carbonyl (C=O) groups excluding carboxylic acids is 2. The number of fused-ring (bicyclic) bond motifs is 1. The number of esters is 1. The van der Waals surface area contributed by atoms with E-state index in [4.69, 9.17) is 4.74 Å². The maximum Gasteiger partial charge on any atom is 0.338 e. The summed E-state index contributed by atoms with van der Waals surface area (Å²) in [4.78, 5) is 34.4. The molecular weight excluding hydrogens is 282 g/mol. The monoisotopic (exact) mass is 299 g/mol. The van der Waals surface area contributed by atoms with E-state index in [2.05, 4.69) is 9.97 Å². The predicted octanol–water partition coefficient (Wildman–Crippen LogP) is 1.80. The fourth-order valence-electron chi connectivity index (χ4n) is 2.56. The van der Waals surface area contributed by atoms with E-state index in [1.807, 2.05) is 0 Å². The van der Waals surface area contributed by atoms with Crippen molar-refractivity contribution in [2.75, 3.05) is 13.1 Å². The van der Waals surface area contributed by atoms with Gasteiger partial charge >= 0.3 is 5.97 Å². The molecule has 1 saturated heterocycles. The van der Waals surface area contributed by atoms with E-state index in [1.165, 1.54) is 0 Å². The van der Waals surface area contributed by atoms with E-state index in [0.717, 1.165) is 25.9 Å². The van der Waals surface area contributed by atoms with Gasteiger partial charge in [-0.15, -0.1) is 0 Å². The molecule has 3 rings (SSSR count). The Balaban J connectivity index is 1.70. The first-order valence-corrected chi connectivity index (χ1v) is 7.36. The summed E-state index contributed by atoms with van der Waals surface area (Å²) >= 11 is 0. The number of hydrogen-bond acceptors (Lipinski definition) is 5. The molecule has 0 unspecified atom stereocenters. The lowest BCUT2D eigenvalue weighted by atomic mass is 10.2. The van der Waals surface area contributed by atoms with Crippen molar-refractivity contribution in [3.8, 4) is 0 Å². The third-order valence-corrected chi connectivity index (χ3v) is 3.75. The minimum atomic E-state index is -0.775. The van der Waals surface area contributed by atoms with Crippen LogP contribution in [0, 0.1) is 0 Å². The van der Waals surface area contributed by atoms with Crippen molar-refractivity contribution >= 4 is 22.9 Å². The molecule has 6 nitrogen and oxygen atoms in total. The minimum absolute atomic E-state index is 0.133. The second-order valence-electron chi connectivity index (χ2n) is 5.34. The van der Waals surface area contributed by atoms with E-state index in [0.29, 0.717) is 16.6 Å². The molecule has 1 aliphatic rings. The maximum atomic E-state index is 12.2. The van der Waals surface area contributed by atoms with Gasteiger partial charge in [0.1, 0.15) is 0 Å². The number of ether oxygens (including phenoxy) is 1. The maximum absolute atomic E-state index is 12.2. The summed E-state index contributed by atoms with van der Waals surface area (Å²) in [6.07, 6.45) is 4.41. The van der Waals surface area contributed by atoms with Gasteiger partial charge in [-0.05, 0) is 38.0 Å². The fraction of sp³-hybridized carbons (Fsp3) is 0.375. The highest BCUT2D eigenvalue weighted by atomic mass is 16.5. The van der Waals surface area contributed by atoms with Crippen molar-refractivity contribution in [2.45, 2.75) is 25.9 Å². The molecule has 1 atom stereocenters. The smallest absolute Gasteiger partial charge is 0.338 e. The average Bonchev–Trinajstić information content (AvgIpc) is 3.08. The van der Waals surface area contributed by atoms with Crippen LogP contribution in [0.5, 0.6) is 0 Å². The van der Waals surface area contributed by atoms with E-state index in [1.54, 1.807) is 42.4 Å². The van der Waals surface area contributed by atoms with E-state index < -0.39 is 12.1 Å². The van der Waals surface area contributed by atoms with Gasteiger partial charge in [-0.1, -0.05) is 0 Å². The molecule has 22 heavy (non-hydrogen) atoms. The molecule has 0 N–H and O–H groups in total. The molecule has 0 aliphatic carbocycles. The molecular formula is C16H17N3O3. The molecule has 0 radical (unpaired) electrons. The van der Waals surface area contributed by atoms with Crippen LogP contribution >= 0.6 is 0 Å². The van der Waals surface area contributed by atoms with Crippen LogP contribution in [0.3, 0.4) is 0 Å². The highest BCUT2D eigenvalue weighted by molar-refractivity contribution is 5.95. The van der Waals surface area contributed by atoms with Crippen molar-refractivity contribution in [1.82, 2.24) is 14.9 Å². The second-order valence-corrected chi connectivity index (χ2v) is 5.34. The summed E-state index contributed by atoms with van der Waals surface area (Å²) < 4.78 is 5.28. The largest absolute Gasteiger partial charge is 0.449 e. The van der Waals surface area contributed by atoms with Gasteiger partial charge in [-0.2, -0.15) is 0 Å². The van der Waals surface area contributed by atoms with Crippen LogP contribution in [-0.4, -0.2) is 45.9 Å². The van der Waals surface area contributed by atoms with Crippen LogP contribution in [0.25, 0.3) is 11.0 Å². The first-order valence-electron chi connectivity index (χ1n) is 7.36. The van der Waals surface area contributed by atoms with Crippen molar-refractivity contribution in [1.29, 1.82) is 0 Å². The molecule has 2 aromatic rings. The molecule has 114 valence electrons. The lowest BCUT2D eigenvalue weighted by molar-refractivity contribution is -0.138. The molecule has 1 fully saturated rings. The summed E-state index contributed by atoms with van der Waals surface area (Å²) in [5.74, 6) is -0.654. The second kappa shape index (κ2) is 6.09. The van der Waals surface area contributed by atoms with Crippen LogP contribution < -0.4 is 0 Å². The summed E-state index contributed by atoms with van der Waals surface area (Å²) in [6, 6.07) is 4.97. The van der Waals surface area contributed by atoms with Crippen molar-refractivity contribution < 1.29 is 14.3 Å². The van der Waals surface area contributed by atoms with Gasteiger partial charge in [0.25, 0.3) is 5.91 Å². The molecule has 0 bridgehead atoms. The summed E-state index contributed by atoms with van der Waals surface area (Å²) in [7, 11) is 0. The third kappa shape index (κ3) is 2.90. The SMILES string of the molecule is C[C@H](OC(=O)c1ccc2nccnc2c1)C(=O)N1CCCC1. The Kier molecular flexibility index (Phi) is 4.00. The number of benzene rings is 1. The number of amides is 1. The lowest BCUT2D eigenvalue weighted by Crippen LogP contribution is -2.38. The summed E-state index contributed by atoms with van der Waals surface area (Å²) in [6.45, 7) is 3.10. The number of nitrogens with zero attached hydrogens (tertiary/aromatic N) is 3. The van der Waals surface area contributed by atoms with Crippen LogP contribution in [0.15, 0.2) is 30.6 Å². The Hall–Kier alpha value is -2.50. The quantitative estimate of drug-likeness (QED) is 0.808. The number of rotatable bonds is 3. The summed E-state index contributed by atoms with van der Waals surface area (Å²) in [5.41, 5.74) is 1.70. The van der Waals surface area contributed by atoms with Crippen LogP contribution in [-0.2, 0) is 9.53 Å². The zero-order valence-corrected chi connectivity index (χ0v) is 12.4. The number of aromatic nitrogens is 2. The van der Waals surface area contributed by atoms with Crippen LogP contribution in [0.2, 0.25) is 0 Å². The van der Waals surface area contributed by atoms with E-state index in [-0.39, 0.29) is 5.91 Å². The van der Waals surface area contributed by atoms with Gasteiger partial charge in [0.05, 0.1) is 16.6 Å². The number of likely N-dealkylation sites (tertiary alicyclic amines) is 1. The molecule has 0 spiro atoms. The highest BCUT2D eigenvalue weighted by Crippen LogP contribution is 2.14. The Bertz CT molecular complexity index is 711. The molecule has 1 amide bonds. The van der Waals surface area contributed by atoms with Crippen LogP contribution in [0.4, 0.5) is 0 Å². The molecule has 1 aromatic carbocycles. The van der Waals surface area contributed by atoms with Crippen LogP contribution in [0.1, 0.15) is 30.1 Å². The molecule has 1 aliphatic heterocycles. The topological polar surface area (TPSA) is 72.4 Å². The van der Waals surface area contributed by atoms with Crippen molar-refractivity contribution in [2.24, 2.45) is 0 Å². The van der Waals surface area contributed by atoms with E-state index >= 15 is 0 Å². The van der Waals surface area contributed by atoms with Gasteiger partial charge in [-0.25, -0.2) is 4.79 Å². The zero-order chi connectivity index (χ0) is 15.5. The van der Waals surface area contributed by atoms with Gasteiger partial charge < -0.3 is 9.64 Å². The molecule has 0 saturated carbocycles. The van der Waals surface area contributed by atoms with Gasteiger partial charge in [0, 0.05) is 25.5 Å². The van der Waals surface area contributed by atoms with Crippen molar-refractivity contribution in [3.05, 3.63) is 36.2 Å². The Labute approximate surface area is 128 Å². The normalized spacial score (nSPS) is 15.8. The number of hydrogen-bond donors (Lipinski definition) is 0. The highest BCUT2D eigenvalue weighted by Gasteiger charge is 2.26. The van der Waals surface area contributed by atoms with E-state index in [9.17, 15) is 9.59 Å². The first-order chi connectivity index (χ1) is 10.6. The number of carbonyl (C=O) groups is 2.